The van der Waals surface area contributed by atoms with Gasteiger partial charge in [-0.25, -0.2) is 0 Å². The van der Waals surface area contributed by atoms with Gasteiger partial charge in [-0.2, -0.15) is 4.98 Å². The van der Waals surface area contributed by atoms with Crippen molar-refractivity contribution in [3.63, 3.8) is 0 Å². The number of aromatic nitrogens is 2. The quantitative estimate of drug-likeness (QED) is 0.815. The van der Waals surface area contributed by atoms with Gasteiger partial charge in [-0.15, -0.1) is 12.3 Å². The molecule has 0 aliphatic heterocycles. The Morgan fingerprint density at radius 3 is 2.94 bits per heavy atom. The third-order valence-electron chi connectivity index (χ3n) is 2.48. The summed E-state index contributed by atoms with van der Waals surface area (Å²) in [5.74, 6) is 3.40. The number of nitrogens with two attached hydrogens (primary N) is 1. The normalized spacial score (nSPS) is 12.1. The number of terminal acetylenes is 1. The molecule has 1 aromatic heterocycles. The monoisotopic (exact) mass is 227 g/mol. The molecule has 1 aromatic carbocycles. The average molecular weight is 227 g/mol. The Labute approximate surface area is 99.8 Å². The van der Waals surface area contributed by atoms with E-state index >= 15 is 0 Å². The van der Waals surface area contributed by atoms with E-state index < -0.39 is 6.04 Å². The Balaban J connectivity index is 2.31. The van der Waals surface area contributed by atoms with E-state index in [1.165, 1.54) is 0 Å². The number of aryl methyl sites for hydroxylation is 1. The Bertz CT molecular complexity index is 554. The van der Waals surface area contributed by atoms with Crippen molar-refractivity contribution in [3.05, 3.63) is 35.7 Å². The fourth-order valence-corrected chi connectivity index (χ4v) is 1.53. The zero-order valence-corrected chi connectivity index (χ0v) is 9.55. The highest BCUT2D eigenvalue weighted by atomic mass is 16.5. The largest absolute Gasteiger partial charge is 0.337 e. The first-order chi connectivity index (χ1) is 8.22. The molecule has 1 heterocycles. The van der Waals surface area contributed by atoms with E-state index in [-0.39, 0.29) is 0 Å². The van der Waals surface area contributed by atoms with Crippen LogP contribution in [0.1, 0.15) is 23.9 Å². The summed E-state index contributed by atoms with van der Waals surface area (Å²) in [4.78, 5) is 4.26. The average Bonchev–Trinajstić information content (AvgIpc) is 2.79. The lowest BCUT2D eigenvalue weighted by molar-refractivity contribution is 0.357. The molecule has 2 aromatic rings. The molecule has 17 heavy (non-hydrogen) atoms. The van der Waals surface area contributed by atoms with Crippen LogP contribution in [-0.4, -0.2) is 10.1 Å². The van der Waals surface area contributed by atoms with Crippen molar-refractivity contribution in [1.29, 1.82) is 0 Å². The van der Waals surface area contributed by atoms with Crippen LogP contribution in [0, 0.1) is 19.3 Å². The standard InChI is InChI=1S/C13H13N3O/c1-3-6-11(14)13-15-12(16-17-13)10-8-5-4-7-9(10)2/h1,4-5,7-8,11H,6,14H2,2H3. The molecule has 0 saturated carbocycles. The van der Waals surface area contributed by atoms with E-state index in [2.05, 4.69) is 16.1 Å². The van der Waals surface area contributed by atoms with E-state index in [9.17, 15) is 0 Å². The summed E-state index contributed by atoms with van der Waals surface area (Å²) in [6.45, 7) is 1.99. The van der Waals surface area contributed by atoms with Gasteiger partial charge in [0.15, 0.2) is 0 Å². The molecule has 0 radical (unpaired) electrons. The van der Waals surface area contributed by atoms with Gasteiger partial charge in [-0.3, -0.25) is 0 Å². The van der Waals surface area contributed by atoms with Gasteiger partial charge < -0.3 is 10.3 Å². The molecule has 86 valence electrons. The topological polar surface area (TPSA) is 64.9 Å². The molecule has 4 nitrogen and oxygen atoms in total. The molecule has 0 spiro atoms. The Hall–Kier alpha value is -2.12. The molecule has 0 fully saturated rings. The lowest BCUT2D eigenvalue weighted by Gasteiger charge is -2.00. The Kier molecular flexibility index (Phi) is 3.22. The molecule has 0 bridgehead atoms. The van der Waals surface area contributed by atoms with E-state index in [4.69, 9.17) is 16.7 Å². The summed E-state index contributed by atoms with van der Waals surface area (Å²) >= 11 is 0. The summed E-state index contributed by atoms with van der Waals surface area (Å²) in [7, 11) is 0. The molecule has 0 saturated heterocycles. The van der Waals surface area contributed by atoms with Gasteiger partial charge in [0.2, 0.25) is 11.7 Å². The molecule has 1 unspecified atom stereocenters. The van der Waals surface area contributed by atoms with Crippen molar-refractivity contribution in [2.24, 2.45) is 5.73 Å². The lowest BCUT2D eigenvalue weighted by Crippen LogP contribution is -2.09. The van der Waals surface area contributed by atoms with Crippen LogP contribution in [-0.2, 0) is 0 Å². The number of hydrogen-bond acceptors (Lipinski definition) is 4. The predicted octanol–water partition coefficient (Wildman–Crippen LogP) is 2.07. The third-order valence-corrected chi connectivity index (χ3v) is 2.48. The minimum Gasteiger partial charge on any atom is -0.337 e. The van der Waals surface area contributed by atoms with Crippen molar-refractivity contribution < 1.29 is 4.52 Å². The van der Waals surface area contributed by atoms with Crippen LogP contribution < -0.4 is 5.73 Å². The van der Waals surface area contributed by atoms with Crippen LogP contribution in [0.2, 0.25) is 0 Å². The highest BCUT2D eigenvalue weighted by Crippen LogP contribution is 2.21. The molecular formula is C13H13N3O. The van der Waals surface area contributed by atoms with Crippen LogP contribution in [0.4, 0.5) is 0 Å². The SMILES string of the molecule is C#CCC(N)c1nc(-c2ccccc2C)no1. The highest BCUT2D eigenvalue weighted by Gasteiger charge is 2.15. The van der Waals surface area contributed by atoms with Crippen molar-refractivity contribution in [1.82, 2.24) is 10.1 Å². The van der Waals surface area contributed by atoms with Gasteiger partial charge >= 0.3 is 0 Å². The van der Waals surface area contributed by atoms with Gasteiger partial charge in [0.1, 0.15) is 0 Å². The van der Waals surface area contributed by atoms with Crippen molar-refractivity contribution in [2.75, 3.05) is 0 Å². The summed E-state index contributed by atoms with van der Waals surface area (Å²) in [6.07, 6.45) is 5.57. The summed E-state index contributed by atoms with van der Waals surface area (Å²) < 4.78 is 5.11. The third kappa shape index (κ3) is 2.35. The van der Waals surface area contributed by atoms with Gasteiger partial charge in [0.25, 0.3) is 0 Å². The van der Waals surface area contributed by atoms with Crippen LogP contribution in [0.15, 0.2) is 28.8 Å². The second-order valence-electron chi connectivity index (χ2n) is 3.79. The zero-order valence-electron chi connectivity index (χ0n) is 9.55. The molecule has 2 N–H and O–H groups in total. The zero-order chi connectivity index (χ0) is 12.3. The summed E-state index contributed by atoms with van der Waals surface area (Å²) in [6, 6.07) is 7.43. The van der Waals surface area contributed by atoms with Crippen molar-refractivity contribution in [3.8, 4) is 23.7 Å². The van der Waals surface area contributed by atoms with E-state index in [0.29, 0.717) is 18.1 Å². The number of rotatable bonds is 3. The van der Waals surface area contributed by atoms with Gasteiger partial charge in [0, 0.05) is 12.0 Å². The van der Waals surface area contributed by atoms with E-state index in [0.717, 1.165) is 11.1 Å². The first-order valence-electron chi connectivity index (χ1n) is 5.31. The maximum absolute atomic E-state index is 5.80. The number of hydrogen-bond donors (Lipinski definition) is 1. The van der Waals surface area contributed by atoms with Crippen LogP contribution in [0.25, 0.3) is 11.4 Å². The molecule has 0 aliphatic carbocycles. The van der Waals surface area contributed by atoms with Crippen LogP contribution >= 0.6 is 0 Å². The van der Waals surface area contributed by atoms with Gasteiger partial charge in [-0.05, 0) is 12.5 Å². The minimum atomic E-state index is -0.398. The van der Waals surface area contributed by atoms with Crippen LogP contribution in [0.3, 0.4) is 0 Å². The molecule has 1 atom stereocenters. The fourth-order valence-electron chi connectivity index (χ4n) is 1.53. The van der Waals surface area contributed by atoms with Crippen molar-refractivity contribution in [2.45, 2.75) is 19.4 Å². The highest BCUT2D eigenvalue weighted by molar-refractivity contribution is 5.58. The number of benzene rings is 1. The second kappa shape index (κ2) is 4.81. The summed E-state index contributed by atoms with van der Waals surface area (Å²) in [5, 5.41) is 3.92. The molecule has 0 amide bonds. The first kappa shape index (κ1) is 11.4. The van der Waals surface area contributed by atoms with Gasteiger partial charge in [-0.1, -0.05) is 29.4 Å². The Morgan fingerprint density at radius 2 is 2.24 bits per heavy atom. The van der Waals surface area contributed by atoms with E-state index in [1.54, 1.807) is 0 Å². The maximum atomic E-state index is 5.80. The molecule has 4 heteroatoms. The smallest absolute Gasteiger partial charge is 0.244 e. The molecular weight excluding hydrogens is 214 g/mol. The Morgan fingerprint density at radius 1 is 1.47 bits per heavy atom. The maximum Gasteiger partial charge on any atom is 0.244 e. The fraction of sp³-hybridized carbons (Fsp3) is 0.231. The van der Waals surface area contributed by atoms with Gasteiger partial charge in [0.05, 0.1) is 6.04 Å². The van der Waals surface area contributed by atoms with Crippen LogP contribution in [0.5, 0.6) is 0 Å². The predicted molar refractivity (Wildman–Crippen MR) is 64.8 cm³/mol. The first-order valence-corrected chi connectivity index (χ1v) is 5.31. The molecule has 0 aliphatic rings. The number of nitrogens with zero attached hydrogens (tertiary/aromatic N) is 2. The van der Waals surface area contributed by atoms with E-state index in [1.807, 2.05) is 31.2 Å². The van der Waals surface area contributed by atoms with Crippen molar-refractivity contribution >= 4 is 0 Å². The lowest BCUT2D eigenvalue weighted by atomic mass is 10.1. The minimum absolute atomic E-state index is 0.376. The second-order valence-corrected chi connectivity index (χ2v) is 3.79. The summed E-state index contributed by atoms with van der Waals surface area (Å²) in [5.41, 5.74) is 7.82. The molecule has 2 rings (SSSR count).